The van der Waals surface area contributed by atoms with Crippen LogP contribution in [0.3, 0.4) is 0 Å². The smallest absolute Gasteiger partial charge is 0.243 e. The first-order valence-corrected chi connectivity index (χ1v) is 8.07. The lowest BCUT2D eigenvalue weighted by Crippen LogP contribution is -2.42. The minimum Gasteiger partial charge on any atom is -0.347 e. The fourth-order valence-corrected chi connectivity index (χ4v) is 2.51. The zero-order valence-electron chi connectivity index (χ0n) is 14.5. The third-order valence-electron chi connectivity index (χ3n) is 3.40. The molecule has 0 bridgehead atoms. The van der Waals surface area contributed by atoms with E-state index >= 15 is 0 Å². The van der Waals surface area contributed by atoms with Crippen LogP contribution in [0, 0.1) is 5.82 Å². The molecule has 140 valence electrons. The fourth-order valence-electron chi connectivity index (χ4n) is 2.30. The van der Waals surface area contributed by atoms with Crippen LogP contribution in [0.15, 0.2) is 53.5 Å². The van der Waals surface area contributed by atoms with Gasteiger partial charge >= 0.3 is 0 Å². The minimum atomic E-state index is -0.400. The molecule has 0 aliphatic rings. The summed E-state index contributed by atoms with van der Waals surface area (Å²) in [6, 6.07) is 13.3. The number of hydrogen-bond donors (Lipinski definition) is 2. The second-order valence-corrected chi connectivity index (χ2v) is 5.88. The molecule has 0 radical (unpaired) electrons. The van der Waals surface area contributed by atoms with E-state index in [9.17, 15) is 9.18 Å². The third-order valence-corrected chi connectivity index (χ3v) is 3.63. The van der Waals surface area contributed by atoms with Crippen LogP contribution in [-0.2, 0) is 11.3 Å². The van der Waals surface area contributed by atoms with Crippen molar-refractivity contribution in [3.05, 3.63) is 64.9 Å². The molecule has 0 saturated heterocycles. The minimum absolute atomic E-state index is 0. The van der Waals surface area contributed by atoms with Crippen LogP contribution in [0.4, 0.5) is 10.1 Å². The van der Waals surface area contributed by atoms with E-state index in [1.54, 1.807) is 13.1 Å². The van der Waals surface area contributed by atoms with Gasteiger partial charge in [-0.15, -0.1) is 24.0 Å². The number of nitrogens with zero attached hydrogens (tertiary/aromatic N) is 2. The molecule has 0 fully saturated rings. The molecule has 2 aromatic carbocycles. The Bertz CT molecular complexity index is 772. The lowest BCUT2D eigenvalue weighted by atomic mass is 10.2. The van der Waals surface area contributed by atoms with E-state index in [1.807, 2.05) is 36.2 Å². The quantitative estimate of drug-likeness (QED) is 0.381. The van der Waals surface area contributed by atoms with Gasteiger partial charge < -0.3 is 15.5 Å². The van der Waals surface area contributed by atoms with Crippen LogP contribution < -0.4 is 10.6 Å². The van der Waals surface area contributed by atoms with Crippen molar-refractivity contribution >= 4 is 53.1 Å². The van der Waals surface area contributed by atoms with Gasteiger partial charge in [-0.05, 0) is 35.9 Å². The van der Waals surface area contributed by atoms with Gasteiger partial charge in [0.2, 0.25) is 5.91 Å². The van der Waals surface area contributed by atoms with Crippen LogP contribution in [-0.4, -0.2) is 37.4 Å². The standard InChI is InChI=1S/C18H20ClFN4O.HI/c1-21-18(24(2)12-13-5-3-6-14(19)9-13)22-11-17(25)23-16-8-4-7-15(20)10-16;/h3-10H,11-12H2,1-2H3,(H,21,22)(H,23,25);1H. The maximum absolute atomic E-state index is 13.1. The Morgan fingerprint density at radius 2 is 1.96 bits per heavy atom. The number of guanidine groups is 1. The second-order valence-electron chi connectivity index (χ2n) is 5.45. The molecule has 0 heterocycles. The number of carbonyl (C=O) groups is 1. The van der Waals surface area contributed by atoms with Crippen molar-refractivity contribution in [2.24, 2.45) is 4.99 Å². The van der Waals surface area contributed by atoms with Gasteiger partial charge in [0.05, 0.1) is 6.54 Å². The summed E-state index contributed by atoms with van der Waals surface area (Å²) in [7, 11) is 3.50. The number of anilines is 1. The van der Waals surface area contributed by atoms with Crippen molar-refractivity contribution in [2.45, 2.75) is 6.54 Å². The molecule has 1 amide bonds. The Hall–Kier alpha value is -1.87. The molecule has 5 nitrogen and oxygen atoms in total. The maximum Gasteiger partial charge on any atom is 0.243 e. The van der Waals surface area contributed by atoms with Gasteiger partial charge in [0.15, 0.2) is 5.96 Å². The molecule has 0 aliphatic carbocycles. The zero-order chi connectivity index (χ0) is 18.2. The molecule has 26 heavy (non-hydrogen) atoms. The molecule has 8 heteroatoms. The van der Waals surface area contributed by atoms with E-state index in [2.05, 4.69) is 15.6 Å². The van der Waals surface area contributed by atoms with Crippen molar-refractivity contribution in [3.63, 3.8) is 0 Å². The van der Waals surface area contributed by atoms with E-state index < -0.39 is 5.82 Å². The molecule has 2 rings (SSSR count). The largest absolute Gasteiger partial charge is 0.347 e. The summed E-state index contributed by atoms with van der Waals surface area (Å²) in [4.78, 5) is 18.0. The lowest BCUT2D eigenvalue weighted by molar-refractivity contribution is -0.115. The molecular formula is C18H21ClFIN4O. The first-order valence-electron chi connectivity index (χ1n) is 7.69. The van der Waals surface area contributed by atoms with Crippen molar-refractivity contribution in [1.29, 1.82) is 0 Å². The summed E-state index contributed by atoms with van der Waals surface area (Å²) < 4.78 is 13.1. The van der Waals surface area contributed by atoms with Gasteiger partial charge in [0, 0.05) is 31.4 Å². The number of rotatable bonds is 5. The first kappa shape index (κ1) is 22.2. The topological polar surface area (TPSA) is 56.7 Å². The lowest BCUT2D eigenvalue weighted by Gasteiger charge is -2.22. The normalized spacial score (nSPS) is 10.7. The summed E-state index contributed by atoms with van der Waals surface area (Å²) in [6.45, 7) is 0.606. The molecular weight excluding hydrogens is 470 g/mol. The van der Waals surface area contributed by atoms with E-state index in [0.717, 1.165) is 5.56 Å². The fraction of sp³-hybridized carbons (Fsp3) is 0.222. The molecule has 0 saturated carbocycles. The van der Waals surface area contributed by atoms with Crippen molar-refractivity contribution < 1.29 is 9.18 Å². The average molecular weight is 491 g/mol. The zero-order valence-corrected chi connectivity index (χ0v) is 17.6. The predicted octanol–water partition coefficient (Wildman–Crippen LogP) is 3.74. The van der Waals surface area contributed by atoms with Crippen molar-refractivity contribution in [2.75, 3.05) is 26.0 Å². The van der Waals surface area contributed by atoms with E-state index in [1.165, 1.54) is 18.2 Å². The van der Waals surface area contributed by atoms with Gasteiger partial charge in [-0.25, -0.2) is 4.39 Å². The first-order chi connectivity index (χ1) is 12.0. The Labute approximate surface area is 174 Å². The van der Waals surface area contributed by atoms with Gasteiger partial charge in [0.25, 0.3) is 0 Å². The summed E-state index contributed by atoms with van der Waals surface area (Å²) in [5.74, 6) is -0.125. The third kappa shape index (κ3) is 7.17. The summed E-state index contributed by atoms with van der Waals surface area (Å²) in [5, 5.41) is 6.27. The summed E-state index contributed by atoms with van der Waals surface area (Å²) in [5.41, 5.74) is 1.44. The molecule has 0 spiro atoms. The Morgan fingerprint density at radius 1 is 1.23 bits per heavy atom. The molecule has 0 aliphatic heterocycles. The maximum atomic E-state index is 13.1. The number of benzene rings is 2. The van der Waals surface area contributed by atoms with Crippen LogP contribution in [0.5, 0.6) is 0 Å². The molecule has 0 aromatic heterocycles. The highest BCUT2D eigenvalue weighted by molar-refractivity contribution is 14.0. The van der Waals surface area contributed by atoms with Crippen molar-refractivity contribution in [3.8, 4) is 0 Å². The monoisotopic (exact) mass is 490 g/mol. The molecule has 0 unspecified atom stereocenters. The van der Waals surface area contributed by atoms with Crippen LogP contribution >= 0.6 is 35.6 Å². The van der Waals surface area contributed by atoms with Crippen LogP contribution in [0.25, 0.3) is 0 Å². The molecule has 2 N–H and O–H groups in total. The van der Waals surface area contributed by atoms with Gasteiger partial charge in [-0.2, -0.15) is 0 Å². The van der Waals surface area contributed by atoms with Gasteiger partial charge in [-0.3, -0.25) is 9.79 Å². The number of carbonyl (C=O) groups excluding carboxylic acids is 1. The van der Waals surface area contributed by atoms with Crippen LogP contribution in [0.1, 0.15) is 5.56 Å². The number of nitrogens with one attached hydrogen (secondary N) is 2. The SMILES string of the molecule is CN=C(NCC(=O)Nc1cccc(F)c1)N(C)Cc1cccc(Cl)c1.I. The Kier molecular flexibility index (Phi) is 9.36. The summed E-state index contributed by atoms with van der Waals surface area (Å²) in [6.07, 6.45) is 0. The predicted molar refractivity (Wildman–Crippen MR) is 115 cm³/mol. The number of halogens is 3. The van der Waals surface area contributed by atoms with Gasteiger partial charge in [0.1, 0.15) is 5.82 Å². The van der Waals surface area contributed by atoms with E-state index in [0.29, 0.717) is 23.2 Å². The highest BCUT2D eigenvalue weighted by Gasteiger charge is 2.09. The average Bonchev–Trinajstić information content (AvgIpc) is 2.55. The number of amides is 1. The summed E-state index contributed by atoms with van der Waals surface area (Å²) >= 11 is 5.99. The highest BCUT2D eigenvalue weighted by Crippen LogP contribution is 2.12. The van der Waals surface area contributed by atoms with Crippen molar-refractivity contribution in [1.82, 2.24) is 10.2 Å². The Morgan fingerprint density at radius 3 is 2.62 bits per heavy atom. The molecule has 0 atom stereocenters. The highest BCUT2D eigenvalue weighted by atomic mass is 127. The van der Waals surface area contributed by atoms with Gasteiger partial charge in [-0.1, -0.05) is 29.8 Å². The van der Waals surface area contributed by atoms with E-state index in [4.69, 9.17) is 11.6 Å². The molecule has 2 aromatic rings. The van der Waals surface area contributed by atoms with Crippen LogP contribution in [0.2, 0.25) is 5.02 Å². The second kappa shape index (κ2) is 11.0. The number of hydrogen-bond acceptors (Lipinski definition) is 2. The number of aliphatic imine (C=N–C) groups is 1. The van der Waals surface area contributed by atoms with E-state index in [-0.39, 0.29) is 36.4 Å². The Balaban J connectivity index is 0.00000338.